The Hall–Kier alpha value is -0.640. The van der Waals surface area contributed by atoms with Crippen molar-refractivity contribution in [2.75, 3.05) is 0 Å². The molecule has 0 spiro atoms. The molecule has 0 aliphatic rings. The molecular weight excluding hydrogens is 128 g/mol. The first-order chi connectivity index (χ1) is 3.70. The van der Waals surface area contributed by atoms with E-state index in [1.165, 1.54) is 0 Å². The molecule has 0 bridgehead atoms. The summed E-state index contributed by atoms with van der Waals surface area (Å²) in [6, 6.07) is 0. The second kappa shape index (κ2) is 1.70. The molecule has 0 aliphatic carbocycles. The minimum Gasteiger partial charge on any atom is -0.395 e. The number of rotatable bonds is 0. The SMILES string of the molecule is Cc1oc(=O)oc1S. The molecule has 0 fully saturated rings. The summed E-state index contributed by atoms with van der Waals surface area (Å²) in [6.07, 6.45) is 0. The van der Waals surface area contributed by atoms with Crippen molar-refractivity contribution in [3.05, 3.63) is 16.4 Å². The molecule has 3 nitrogen and oxygen atoms in total. The van der Waals surface area contributed by atoms with Crippen LogP contribution in [0.5, 0.6) is 0 Å². The van der Waals surface area contributed by atoms with Crippen molar-refractivity contribution in [1.29, 1.82) is 0 Å². The van der Waals surface area contributed by atoms with Crippen molar-refractivity contribution in [3.63, 3.8) is 0 Å². The van der Waals surface area contributed by atoms with Crippen molar-refractivity contribution < 1.29 is 8.83 Å². The maximum atomic E-state index is 10.1. The Bertz CT molecular complexity index is 211. The van der Waals surface area contributed by atoms with E-state index in [2.05, 4.69) is 21.5 Å². The van der Waals surface area contributed by atoms with Crippen LogP contribution in [0, 0.1) is 6.92 Å². The van der Waals surface area contributed by atoms with Crippen LogP contribution >= 0.6 is 12.6 Å². The van der Waals surface area contributed by atoms with E-state index in [1.54, 1.807) is 6.92 Å². The molecule has 4 heteroatoms. The van der Waals surface area contributed by atoms with Crippen LogP contribution in [-0.2, 0) is 0 Å². The van der Waals surface area contributed by atoms with E-state index in [-0.39, 0.29) is 5.09 Å². The highest BCUT2D eigenvalue weighted by Gasteiger charge is 2.00. The predicted molar refractivity (Wildman–Crippen MR) is 29.2 cm³/mol. The Morgan fingerprint density at radius 2 is 2.12 bits per heavy atom. The summed E-state index contributed by atoms with van der Waals surface area (Å²) >= 11 is 3.76. The molecule has 0 N–H and O–H groups in total. The van der Waals surface area contributed by atoms with E-state index in [4.69, 9.17) is 0 Å². The van der Waals surface area contributed by atoms with E-state index in [9.17, 15) is 4.79 Å². The summed E-state index contributed by atoms with van der Waals surface area (Å²) in [7, 11) is 0. The smallest absolute Gasteiger partial charge is 0.395 e. The van der Waals surface area contributed by atoms with Crippen LogP contribution in [0.25, 0.3) is 0 Å². The van der Waals surface area contributed by atoms with Gasteiger partial charge < -0.3 is 8.83 Å². The Morgan fingerprint density at radius 1 is 1.50 bits per heavy atom. The molecule has 1 rings (SSSR count). The van der Waals surface area contributed by atoms with Gasteiger partial charge in [0.05, 0.1) is 0 Å². The molecule has 0 radical (unpaired) electrons. The molecule has 44 valence electrons. The first kappa shape index (κ1) is 5.50. The molecule has 1 aromatic heterocycles. The van der Waals surface area contributed by atoms with Gasteiger partial charge in [0.25, 0.3) is 0 Å². The fraction of sp³-hybridized carbons (Fsp3) is 0.250. The van der Waals surface area contributed by atoms with Gasteiger partial charge in [0.15, 0.2) is 5.76 Å². The lowest BCUT2D eigenvalue weighted by Gasteiger charge is -1.73. The predicted octanol–water partition coefficient (Wildman–Crippen LogP) is 0.830. The second-order valence-electron chi connectivity index (χ2n) is 1.32. The first-order valence-corrected chi connectivity index (χ1v) is 2.44. The highest BCUT2D eigenvalue weighted by Crippen LogP contribution is 2.07. The normalized spacial score (nSPS) is 9.75. The molecule has 0 saturated carbocycles. The maximum Gasteiger partial charge on any atom is 0.519 e. The number of hydrogen-bond acceptors (Lipinski definition) is 4. The zero-order valence-corrected chi connectivity index (χ0v) is 5.07. The number of aryl methyl sites for hydroxylation is 1. The summed E-state index contributed by atoms with van der Waals surface area (Å²) in [5.74, 6) is -0.286. The second-order valence-corrected chi connectivity index (χ2v) is 1.72. The van der Waals surface area contributed by atoms with Gasteiger partial charge in [-0.1, -0.05) is 0 Å². The van der Waals surface area contributed by atoms with Crippen molar-refractivity contribution in [1.82, 2.24) is 0 Å². The van der Waals surface area contributed by atoms with Gasteiger partial charge in [0, 0.05) is 0 Å². The molecule has 0 aromatic carbocycles. The topological polar surface area (TPSA) is 43.4 Å². The van der Waals surface area contributed by atoms with Gasteiger partial charge in [0.2, 0.25) is 5.09 Å². The molecule has 1 aromatic rings. The van der Waals surface area contributed by atoms with Gasteiger partial charge in [-0.2, -0.15) is 0 Å². The average molecular weight is 132 g/mol. The Balaban J connectivity index is 3.35. The zero-order chi connectivity index (χ0) is 6.15. The van der Waals surface area contributed by atoms with Crippen LogP contribution in [-0.4, -0.2) is 0 Å². The van der Waals surface area contributed by atoms with Gasteiger partial charge in [-0.05, 0) is 6.92 Å². The largest absolute Gasteiger partial charge is 0.519 e. The van der Waals surface area contributed by atoms with Gasteiger partial charge in [-0.3, -0.25) is 0 Å². The maximum absolute atomic E-state index is 10.1. The fourth-order valence-electron chi connectivity index (χ4n) is 0.340. The Labute approximate surface area is 50.7 Å². The molecule has 0 atom stereocenters. The van der Waals surface area contributed by atoms with E-state index in [0.717, 1.165) is 0 Å². The van der Waals surface area contributed by atoms with Crippen LogP contribution in [0.15, 0.2) is 18.7 Å². The van der Waals surface area contributed by atoms with Gasteiger partial charge >= 0.3 is 5.82 Å². The fourth-order valence-corrected chi connectivity index (χ4v) is 0.460. The Morgan fingerprint density at radius 3 is 2.25 bits per heavy atom. The molecule has 1 heterocycles. The highest BCUT2D eigenvalue weighted by molar-refractivity contribution is 7.80. The van der Waals surface area contributed by atoms with Crippen molar-refractivity contribution in [2.45, 2.75) is 12.0 Å². The quantitative estimate of drug-likeness (QED) is 0.532. The standard InChI is InChI=1S/C4H4O3S/c1-2-3(8)7-4(5)6-2/h8H,1H3. The lowest BCUT2D eigenvalue weighted by molar-refractivity contribution is 0.357. The lowest BCUT2D eigenvalue weighted by atomic mass is 10.6. The van der Waals surface area contributed by atoms with Crippen LogP contribution in [0.3, 0.4) is 0 Å². The van der Waals surface area contributed by atoms with Crippen LogP contribution in [0.2, 0.25) is 0 Å². The van der Waals surface area contributed by atoms with E-state index < -0.39 is 5.82 Å². The minimum atomic E-state index is -0.701. The molecule has 8 heavy (non-hydrogen) atoms. The molecular formula is C4H4O3S. The first-order valence-electron chi connectivity index (χ1n) is 1.99. The minimum absolute atomic E-state index is 0.245. The lowest BCUT2D eigenvalue weighted by Crippen LogP contribution is -1.84. The summed E-state index contributed by atoms with van der Waals surface area (Å²) in [5.41, 5.74) is 0. The zero-order valence-electron chi connectivity index (χ0n) is 4.17. The van der Waals surface area contributed by atoms with Crippen LogP contribution in [0.4, 0.5) is 0 Å². The van der Waals surface area contributed by atoms with E-state index in [1.807, 2.05) is 0 Å². The molecule has 0 amide bonds. The van der Waals surface area contributed by atoms with Gasteiger partial charge in [-0.25, -0.2) is 4.79 Å². The van der Waals surface area contributed by atoms with E-state index >= 15 is 0 Å². The number of hydrogen-bond donors (Lipinski definition) is 1. The van der Waals surface area contributed by atoms with Crippen molar-refractivity contribution >= 4 is 12.6 Å². The summed E-state index contributed by atoms with van der Waals surface area (Å²) in [6.45, 7) is 1.60. The van der Waals surface area contributed by atoms with Crippen molar-refractivity contribution in [3.8, 4) is 0 Å². The summed E-state index contributed by atoms with van der Waals surface area (Å²) < 4.78 is 8.77. The number of thiol groups is 1. The summed E-state index contributed by atoms with van der Waals surface area (Å²) in [4.78, 5) is 10.1. The van der Waals surface area contributed by atoms with Gasteiger partial charge in [-0.15, -0.1) is 12.6 Å². The monoisotopic (exact) mass is 132 g/mol. The molecule has 0 unspecified atom stereocenters. The third-order valence-corrected chi connectivity index (χ3v) is 1.12. The molecule has 0 saturated heterocycles. The highest BCUT2D eigenvalue weighted by atomic mass is 32.1. The van der Waals surface area contributed by atoms with Gasteiger partial charge in [0.1, 0.15) is 0 Å². The van der Waals surface area contributed by atoms with E-state index in [0.29, 0.717) is 5.76 Å². The Kier molecular flexibility index (Phi) is 1.17. The van der Waals surface area contributed by atoms with Crippen LogP contribution in [0.1, 0.15) is 5.76 Å². The average Bonchev–Trinajstić information content (AvgIpc) is 1.85. The third kappa shape index (κ3) is 0.790. The molecule has 0 aliphatic heterocycles. The van der Waals surface area contributed by atoms with Crippen molar-refractivity contribution in [2.24, 2.45) is 0 Å². The third-order valence-electron chi connectivity index (χ3n) is 0.718. The summed E-state index contributed by atoms with van der Waals surface area (Å²) in [5, 5.41) is 0.245. The van der Waals surface area contributed by atoms with Crippen LogP contribution < -0.4 is 5.82 Å².